The molecule has 0 bridgehead atoms. The minimum atomic E-state index is -0.302. The summed E-state index contributed by atoms with van der Waals surface area (Å²) in [5.41, 5.74) is 3.24. The lowest BCUT2D eigenvalue weighted by molar-refractivity contribution is -0.143. The van der Waals surface area contributed by atoms with Crippen LogP contribution < -0.4 is 5.32 Å². The number of aromatic nitrogens is 3. The number of ether oxygens (including phenoxy) is 1. The first-order chi connectivity index (χ1) is 12.2. The molecule has 0 unspecified atom stereocenters. The van der Waals surface area contributed by atoms with Gasteiger partial charge in [0.1, 0.15) is 5.69 Å². The number of hydrogen-bond acceptors (Lipinski definition) is 5. The number of benzene rings is 1. The van der Waals surface area contributed by atoms with E-state index in [2.05, 4.69) is 20.3 Å². The highest BCUT2D eigenvalue weighted by Crippen LogP contribution is 2.13. The van der Waals surface area contributed by atoms with Gasteiger partial charge in [0.2, 0.25) is 0 Å². The lowest BCUT2D eigenvalue weighted by Crippen LogP contribution is -2.13. The lowest BCUT2D eigenvalue weighted by atomic mass is 10.1. The summed E-state index contributed by atoms with van der Waals surface area (Å²) >= 11 is 0. The van der Waals surface area contributed by atoms with Crippen LogP contribution in [0.4, 0.5) is 5.69 Å². The number of esters is 1. The number of aromatic amines is 1. The van der Waals surface area contributed by atoms with Crippen molar-refractivity contribution in [1.82, 2.24) is 15.0 Å². The number of amides is 1. The lowest BCUT2D eigenvalue weighted by Gasteiger charge is -2.06. The zero-order valence-electron chi connectivity index (χ0n) is 13.8. The molecule has 0 aliphatic rings. The van der Waals surface area contributed by atoms with Crippen LogP contribution >= 0.6 is 0 Å². The molecule has 0 aliphatic carbocycles. The molecular formula is C18H18N4O3. The SMILES string of the molecule is CCOC(=O)CCc1ccc(NC(=O)c2ccc3[nH]cnc3n2)cc1. The minimum absolute atomic E-state index is 0.209. The van der Waals surface area contributed by atoms with Crippen LogP contribution in [0.25, 0.3) is 11.2 Å². The van der Waals surface area contributed by atoms with Crippen molar-refractivity contribution in [2.24, 2.45) is 0 Å². The maximum Gasteiger partial charge on any atom is 0.306 e. The highest BCUT2D eigenvalue weighted by molar-refractivity contribution is 6.03. The number of anilines is 1. The molecule has 2 N–H and O–H groups in total. The normalized spacial score (nSPS) is 10.6. The third kappa shape index (κ3) is 4.20. The summed E-state index contributed by atoms with van der Waals surface area (Å²) in [6.45, 7) is 2.18. The predicted molar refractivity (Wildman–Crippen MR) is 93.2 cm³/mol. The average Bonchev–Trinajstić information content (AvgIpc) is 3.09. The van der Waals surface area contributed by atoms with Crippen molar-refractivity contribution in [2.75, 3.05) is 11.9 Å². The zero-order valence-corrected chi connectivity index (χ0v) is 13.8. The van der Waals surface area contributed by atoms with E-state index in [4.69, 9.17) is 4.74 Å². The first-order valence-corrected chi connectivity index (χ1v) is 8.02. The van der Waals surface area contributed by atoms with Crippen molar-refractivity contribution in [2.45, 2.75) is 19.8 Å². The zero-order chi connectivity index (χ0) is 17.6. The van der Waals surface area contributed by atoms with Gasteiger partial charge in [0.05, 0.1) is 18.5 Å². The Balaban J connectivity index is 1.60. The van der Waals surface area contributed by atoms with Crippen LogP contribution in [0, 0.1) is 0 Å². The standard InChI is InChI=1S/C18H18N4O3/c1-2-25-16(23)10-5-12-3-6-13(7-4-12)21-18(24)15-9-8-14-17(22-15)20-11-19-14/h3-4,6-9,11H,2,5,10H2,1H3,(H,21,24)(H,19,20,22). The number of carbonyl (C=O) groups is 2. The molecule has 0 aliphatic heterocycles. The molecule has 1 amide bonds. The highest BCUT2D eigenvalue weighted by Gasteiger charge is 2.10. The first-order valence-electron chi connectivity index (χ1n) is 8.02. The Labute approximate surface area is 144 Å². The predicted octanol–water partition coefficient (Wildman–Crippen LogP) is 2.71. The second kappa shape index (κ2) is 7.57. The van der Waals surface area contributed by atoms with Gasteiger partial charge < -0.3 is 15.0 Å². The van der Waals surface area contributed by atoms with Gasteiger partial charge in [-0.2, -0.15) is 0 Å². The molecule has 0 spiro atoms. The number of nitrogens with one attached hydrogen (secondary N) is 2. The molecule has 3 aromatic rings. The Kier molecular flexibility index (Phi) is 5.03. The summed E-state index contributed by atoms with van der Waals surface area (Å²) in [4.78, 5) is 34.8. The van der Waals surface area contributed by atoms with E-state index >= 15 is 0 Å². The van der Waals surface area contributed by atoms with Crippen molar-refractivity contribution in [3.63, 3.8) is 0 Å². The van der Waals surface area contributed by atoms with E-state index in [-0.39, 0.29) is 11.9 Å². The molecule has 1 aromatic carbocycles. The second-order valence-corrected chi connectivity index (χ2v) is 5.43. The molecule has 0 atom stereocenters. The van der Waals surface area contributed by atoms with E-state index < -0.39 is 0 Å². The number of H-pyrrole nitrogens is 1. The number of imidazole rings is 1. The van der Waals surface area contributed by atoms with Gasteiger partial charge >= 0.3 is 5.97 Å². The fraction of sp³-hybridized carbons (Fsp3) is 0.222. The number of nitrogens with zero attached hydrogens (tertiary/aromatic N) is 2. The maximum absolute atomic E-state index is 12.3. The number of carbonyl (C=O) groups excluding carboxylic acids is 2. The Bertz CT molecular complexity index is 887. The van der Waals surface area contributed by atoms with Gasteiger partial charge in [-0.25, -0.2) is 9.97 Å². The van der Waals surface area contributed by atoms with E-state index in [1.165, 1.54) is 6.33 Å². The molecule has 0 radical (unpaired) electrons. The van der Waals surface area contributed by atoms with Gasteiger partial charge in [-0.1, -0.05) is 12.1 Å². The van der Waals surface area contributed by atoms with E-state index in [0.29, 0.717) is 36.5 Å². The Morgan fingerprint density at radius 3 is 2.72 bits per heavy atom. The Hall–Kier alpha value is -3.22. The molecule has 7 heteroatoms. The van der Waals surface area contributed by atoms with Gasteiger partial charge in [-0.05, 0) is 43.2 Å². The van der Waals surface area contributed by atoms with Crippen molar-refractivity contribution >= 4 is 28.7 Å². The van der Waals surface area contributed by atoms with E-state index in [9.17, 15) is 9.59 Å². The van der Waals surface area contributed by atoms with E-state index in [1.807, 2.05) is 12.1 Å². The average molecular weight is 338 g/mol. The fourth-order valence-electron chi connectivity index (χ4n) is 2.38. The molecule has 0 fully saturated rings. The Morgan fingerprint density at radius 1 is 1.16 bits per heavy atom. The van der Waals surface area contributed by atoms with Crippen LogP contribution in [0.2, 0.25) is 0 Å². The second-order valence-electron chi connectivity index (χ2n) is 5.43. The summed E-state index contributed by atoms with van der Waals surface area (Å²) in [6.07, 6.45) is 2.48. The van der Waals surface area contributed by atoms with Gasteiger partial charge in [0.25, 0.3) is 5.91 Å². The number of fused-ring (bicyclic) bond motifs is 1. The van der Waals surface area contributed by atoms with Crippen molar-refractivity contribution in [3.8, 4) is 0 Å². The number of pyridine rings is 1. The van der Waals surface area contributed by atoms with Crippen LogP contribution in [0.1, 0.15) is 29.4 Å². The Morgan fingerprint density at radius 2 is 1.96 bits per heavy atom. The van der Waals surface area contributed by atoms with Crippen LogP contribution in [0.3, 0.4) is 0 Å². The number of aryl methyl sites for hydroxylation is 1. The summed E-state index contributed by atoms with van der Waals surface area (Å²) in [5.74, 6) is -0.510. The van der Waals surface area contributed by atoms with Crippen LogP contribution in [-0.4, -0.2) is 33.4 Å². The van der Waals surface area contributed by atoms with Crippen molar-refractivity contribution < 1.29 is 14.3 Å². The molecule has 3 rings (SSSR count). The summed E-state index contributed by atoms with van der Waals surface area (Å²) in [6, 6.07) is 10.8. The van der Waals surface area contributed by atoms with Gasteiger partial charge in [-0.15, -0.1) is 0 Å². The number of rotatable bonds is 6. The highest BCUT2D eigenvalue weighted by atomic mass is 16.5. The quantitative estimate of drug-likeness (QED) is 0.674. The minimum Gasteiger partial charge on any atom is -0.466 e. The van der Waals surface area contributed by atoms with E-state index in [0.717, 1.165) is 11.1 Å². The van der Waals surface area contributed by atoms with E-state index in [1.54, 1.807) is 31.2 Å². The third-order valence-electron chi connectivity index (χ3n) is 3.65. The number of hydrogen-bond donors (Lipinski definition) is 2. The summed E-state index contributed by atoms with van der Waals surface area (Å²) < 4.78 is 4.90. The largest absolute Gasteiger partial charge is 0.466 e. The third-order valence-corrected chi connectivity index (χ3v) is 3.65. The molecule has 0 saturated heterocycles. The molecule has 0 saturated carbocycles. The summed E-state index contributed by atoms with van der Waals surface area (Å²) in [7, 11) is 0. The fourth-order valence-corrected chi connectivity index (χ4v) is 2.38. The monoisotopic (exact) mass is 338 g/mol. The van der Waals surface area contributed by atoms with Crippen LogP contribution in [0.5, 0.6) is 0 Å². The van der Waals surface area contributed by atoms with Crippen molar-refractivity contribution in [1.29, 1.82) is 0 Å². The molecule has 2 aromatic heterocycles. The molecular weight excluding hydrogens is 320 g/mol. The van der Waals surface area contributed by atoms with Crippen LogP contribution in [0.15, 0.2) is 42.7 Å². The van der Waals surface area contributed by atoms with Crippen LogP contribution in [-0.2, 0) is 16.0 Å². The van der Waals surface area contributed by atoms with Crippen molar-refractivity contribution in [3.05, 3.63) is 54.0 Å². The first kappa shape index (κ1) is 16.6. The molecule has 7 nitrogen and oxygen atoms in total. The van der Waals surface area contributed by atoms with Gasteiger partial charge in [0, 0.05) is 12.1 Å². The smallest absolute Gasteiger partial charge is 0.306 e. The maximum atomic E-state index is 12.3. The van der Waals surface area contributed by atoms with Gasteiger partial charge in [-0.3, -0.25) is 9.59 Å². The summed E-state index contributed by atoms with van der Waals surface area (Å²) in [5, 5.41) is 2.80. The van der Waals surface area contributed by atoms with Gasteiger partial charge in [0.15, 0.2) is 5.65 Å². The molecule has 128 valence electrons. The molecule has 25 heavy (non-hydrogen) atoms. The molecule has 2 heterocycles. The topological polar surface area (TPSA) is 97.0 Å².